The summed E-state index contributed by atoms with van der Waals surface area (Å²) in [5, 5.41) is 16.0. The van der Waals surface area contributed by atoms with Gasteiger partial charge < -0.3 is 4.74 Å². The van der Waals surface area contributed by atoms with Crippen molar-refractivity contribution >= 4 is 12.1 Å². The molecule has 0 saturated heterocycles. The zero-order valence-electron chi connectivity index (χ0n) is 16.6. The largest absolute Gasteiger partial charge is 0.489 e. The number of hydrazone groups is 1. The van der Waals surface area contributed by atoms with Gasteiger partial charge in [0.2, 0.25) is 5.82 Å². The van der Waals surface area contributed by atoms with E-state index in [1.165, 1.54) is 4.80 Å². The molecule has 0 spiro atoms. The monoisotopic (exact) mass is 412 g/mol. The predicted octanol–water partition coefficient (Wildman–Crippen LogP) is 3.07. The number of amides is 1. The van der Waals surface area contributed by atoms with Crippen LogP contribution in [0.4, 0.5) is 0 Å². The number of rotatable bonds is 8. The zero-order chi connectivity index (χ0) is 21.3. The number of carbonyl (C=O) groups excluding carboxylic acids is 1. The minimum atomic E-state index is -0.351. The maximum absolute atomic E-state index is 12.0. The van der Waals surface area contributed by atoms with Crippen molar-refractivity contribution in [2.75, 3.05) is 0 Å². The number of nitrogens with one attached hydrogen (secondary N) is 1. The number of carbonyl (C=O) groups is 1. The van der Waals surface area contributed by atoms with Gasteiger partial charge in [-0.25, -0.2) is 5.43 Å². The van der Waals surface area contributed by atoms with E-state index >= 15 is 0 Å². The summed E-state index contributed by atoms with van der Waals surface area (Å²) in [5.41, 5.74) is 5.23. The lowest BCUT2D eigenvalue weighted by Gasteiger charge is -2.06. The first-order valence-electron chi connectivity index (χ1n) is 9.68. The van der Waals surface area contributed by atoms with E-state index in [1.54, 1.807) is 6.21 Å². The second kappa shape index (κ2) is 9.93. The molecule has 0 saturated carbocycles. The summed E-state index contributed by atoms with van der Waals surface area (Å²) >= 11 is 0. The summed E-state index contributed by atoms with van der Waals surface area (Å²) in [6, 6.07) is 26.8. The van der Waals surface area contributed by atoms with Crippen LogP contribution >= 0.6 is 0 Å². The molecule has 0 aliphatic heterocycles. The number of ether oxygens (including phenoxy) is 1. The van der Waals surface area contributed by atoms with E-state index in [1.807, 2.05) is 84.9 Å². The molecule has 154 valence electrons. The second-order valence-corrected chi connectivity index (χ2v) is 6.65. The van der Waals surface area contributed by atoms with Crippen LogP contribution in [0, 0.1) is 0 Å². The van der Waals surface area contributed by atoms with E-state index in [4.69, 9.17) is 4.74 Å². The van der Waals surface area contributed by atoms with Crippen LogP contribution in [-0.2, 0) is 17.9 Å². The van der Waals surface area contributed by atoms with Gasteiger partial charge in [-0.1, -0.05) is 60.7 Å². The molecule has 3 aromatic carbocycles. The van der Waals surface area contributed by atoms with Crippen LogP contribution in [0.5, 0.6) is 5.75 Å². The van der Waals surface area contributed by atoms with Crippen LogP contribution in [0.2, 0.25) is 0 Å². The molecule has 0 aliphatic rings. The lowest BCUT2D eigenvalue weighted by atomic mass is 10.2. The maximum atomic E-state index is 12.0. The van der Waals surface area contributed by atoms with Crippen molar-refractivity contribution in [2.24, 2.45) is 5.10 Å². The summed E-state index contributed by atoms with van der Waals surface area (Å²) in [6.45, 7) is 0.427. The van der Waals surface area contributed by atoms with Gasteiger partial charge >= 0.3 is 0 Å². The minimum absolute atomic E-state index is 0.0799. The Morgan fingerprint density at radius 1 is 0.968 bits per heavy atom. The molecule has 8 heteroatoms. The molecule has 8 nitrogen and oxygen atoms in total. The van der Waals surface area contributed by atoms with Gasteiger partial charge in [-0.05, 0) is 40.6 Å². The van der Waals surface area contributed by atoms with E-state index in [-0.39, 0.29) is 12.5 Å². The van der Waals surface area contributed by atoms with Crippen molar-refractivity contribution in [3.8, 4) is 17.1 Å². The molecule has 0 atom stereocenters. The molecule has 1 heterocycles. The third-order valence-corrected chi connectivity index (χ3v) is 4.30. The molecule has 4 rings (SSSR count). The van der Waals surface area contributed by atoms with Crippen LogP contribution in [0.1, 0.15) is 11.1 Å². The summed E-state index contributed by atoms with van der Waals surface area (Å²) in [4.78, 5) is 13.3. The Hall–Kier alpha value is -4.33. The van der Waals surface area contributed by atoms with E-state index in [9.17, 15) is 4.79 Å². The van der Waals surface area contributed by atoms with Crippen molar-refractivity contribution in [1.82, 2.24) is 25.6 Å². The number of hydrogen-bond acceptors (Lipinski definition) is 6. The van der Waals surface area contributed by atoms with Crippen molar-refractivity contribution < 1.29 is 9.53 Å². The fourth-order valence-electron chi connectivity index (χ4n) is 2.75. The smallest absolute Gasteiger partial charge is 0.263 e. The third kappa shape index (κ3) is 5.83. The lowest BCUT2D eigenvalue weighted by Crippen LogP contribution is -2.24. The van der Waals surface area contributed by atoms with Gasteiger partial charge in [-0.3, -0.25) is 4.79 Å². The average molecular weight is 412 g/mol. The number of aromatic nitrogens is 4. The molecule has 1 N–H and O–H groups in total. The van der Waals surface area contributed by atoms with Gasteiger partial charge in [-0.15, -0.1) is 10.2 Å². The highest BCUT2D eigenvalue weighted by Crippen LogP contribution is 2.14. The molecule has 0 fully saturated rings. The molecule has 1 amide bonds. The molecule has 0 radical (unpaired) electrons. The van der Waals surface area contributed by atoms with Crippen LogP contribution in [0.15, 0.2) is 90.0 Å². The highest BCUT2D eigenvalue weighted by atomic mass is 16.5. The predicted molar refractivity (Wildman–Crippen MR) is 116 cm³/mol. The van der Waals surface area contributed by atoms with Gasteiger partial charge in [0.15, 0.2) is 0 Å². The van der Waals surface area contributed by atoms with Crippen molar-refractivity contribution in [1.29, 1.82) is 0 Å². The van der Waals surface area contributed by atoms with Gasteiger partial charge in [0, 0.05) is 5.56 Å². The Labute approximate surface area is 179 Å². The molecule has 0 aliphatic carbocycles. The van der Waals surface area contributed by atoms with Crippen molar-refractivity contribution in [3.05, 3.63) is 96.1 Å². The fourth-order valence-corrected chi connectivity index (χ4v) is 2.75. The zero-order valence-corrected chi connectivity index (χ0v) is 16.6. The van der Waals surface area contributed by atoms with Crippen molar-refractivity contribution in [2.45, 2.75) is 13.2 Å². The Kier molecular flexibility index (Phi) is 6.39. The molecule has 31 heavy (non-hydrogen) atoms. The topological polar surface area (TPSA) is 94.3 Å². The quantitative estimate of drug-likeness (QED) is 0.355. The van der Waals surface area contributed by atoms with E-state index in [2.05, 4.69) is 25.9 Å². The maximum Gasteiger partial charge on any atom is 0.263 e. The van der Waals surface area contributed by atoms with Crippen LogP contribution < -0.4 is 10.2 Å². The SMILES string of the molecule is O=C(Cn1nnc(-c2ccccc2)n1)N/N=C\c1ccc(OCc2ccccc2)cc1. The van der Waals surface area contributed by atoms with Crippen LogP contribution in [0.25, 0.3) is 11.4 Å². The van der Waals surface area contributed by atoms with Gasteiger partial charge in [0.1, 0.15) is 18.9 Å². The molecule has 0 unspecified atom stereocenters. The molecule has 0 bridgehead atoms. The Balaban J connectivity index is 1.25. The highest BCUT2D eigenvalue weighted by molar-refractivity contribution is 5.82. The van der Waals surface area contributed by atoms with E-state index < -0.39 is 0 Å². The fraction of sp³-hybridized carbons (Fsp3) is 0.0870. The molecular weight excluding hydrogens is 392 g/mol. The first-order chi connectivity index (χ1) is 15.3. The Morgan fingerprint density at radius 3 is 2.42 bits per heavy atom. The summed E-state index contributed by atoms with van der Waals surface area (Å²) in [6.07, 6.45) is 1.56. The minimum Gasteiger partial charge on any atom is -0.489 e. The molecular formula is C23H20N6O2. The van der Waals surface area contributed by atoms with Gasteiger partial charge in [0.25, 0.3) is 5.91 Å². The highest BCUT2D eigenvalue weighted by Gasteiger charge is 2.08. The standard InChI is InChI=1S/C23H20N6O2/c30-22(16-29-27-23(26-28-29)20-9-5-2-6-10-20)25-24-15-18-11-13-21(14-12-18)31-17-19-7-3-1-4-8-19/h1-15H,16-17H2,(H,25,30)/b24-15-. The number of hydrogen-bond donors (Lipinski definition) is 1. The van der Waals surface area contributed by atoms with E-state index in [0.29, 0.717) is 12.4 Å². The van der Waals surface area contributed by atoms with Gasteiger partial charge in [-0.2, -0.15) is 9.90 Å². The number of tetrazole rings is 1. The lowest BCUT2D eigenvalue weighted by molar-refractivity contribution is -0.122. The van der Waals surface area contributed by atoms with Crippen LogP contribution in [-0.4, -0.2) is 32.3 Å². The third-order valence-electron chi connectivity index (χ3n) is 4.30. The first-order valence-corrected chi connectivity index (χ1v) is 9.68. The summed E-state index contributed by atoms with van der Waals surface area (Å²) < 4.78 is 5.75. The second-order valence-electron chi connectivity index (χ2n) is 6.65. The first kappa shape index (κ1) is 20.0. The Bertz CT molecular complexity index is 1140. The van der Waals surface area contributed by atoms with Crippen LogP contribution in [0.3, 0.4) is 0 Å². The number of nitrogens with zero attached hydrogens (tertiary/aromatic N) is 5. The Morgan fingerprint density at radius 2 is 1.68 bits per heavy atom. The normalized spacial score (nSPS) is 10.8. The molecule has 1 aromatic heterocycles. The van der Waals surface area contributed by atoms with Gasteiger partial charge in [0.05, 0.1) is 6.21 Å². The number of benzene rings is 3. The van der Waals surface area contributed by atoms with E-state index in [0.717, 1.165) is 22.4 Å². The molecule has 4 aromatic rings. The van der Waals surface area contributed by atoms with Crippen molar-refractivity contribution in [3.63, 3.8) is 0 Å². The summed E-state index contributed by atoms with van der Waals surface area (Å²) in [7, 11) is 0. The average Bonchev–Trinajstić information content (AvgIpc) is 3.28. The summed E-state index contributed by atoms with van der Waals surface area (Å²) in [5.74, 6) is 0.874.